The first-order chi connectivity index (χ1) is 17.2. The van der Waals surface area contributed by atoms with Crippen molar-refractivity contribution < 1.29 is 27.8 Å². The van der Waals surface area contributed by atoms with E-state index in [4.69, 9.17) is 9.47 Å². The molecule has 1 heterocycles. The van der Waals surface area contributed by atoms with Crippen LogP contribution < -0.4 is 9.47 Å². The van der Waals surface area contributed by atoms with Crippen molar-refractivity contribution in [3.63, 3.8) is 0 Å². The molecule has 0 aromatic heterocycles. The van der Waals surface area contributed by atoms with Crippen molar-refractivity contribution in [2.75, 3.05) is 20.8 Å². The summed E-state index contributed by atoms with van der Waals surface area (Å²) in [6, 6.07) is 20.8. The quantitative estimate of drug-likeness (QED) is 0.440. The number of aliphatic carboxylic acids is 1. The molecule has 36 heavy (non-hydrogen) atoms. The van der Waals surface area contributed by atoms with Crippen molar-refractivity contribution in [3.05, 3.63) is 83.9 Å². The molecule has 0 radical (unpaired) electrons. The zero-order chi connectivity index (χ0) is 25.9. The minimum absolute atomic E-state index is 0.138. The van der Waals surface area contributed by atoms with Crippen molar-refractivity contribution in [2.45, 2.75) is 34.4 Å². The number of nitrogens with zero attached hydrogens (tertiary/aromatic N) is 1. The van der Waals surface area contributed by atoms with Gasteiger partial charge in [-0.1, -0.05) is 29.8 Å². The second kappa shape index (κ2) is 10.9. The molecule has 1 aliphatic heterocycles. The Morgan fingerprint density at radius 3 is 2.25 bits per heavy atom. The van der Waals surface area contributed by atoms with Gasteiger partial charge < -0.3 is 14.6 Å². The molecule has 1 saturated heterocycles. The van der Waals surface area contributed by atoms with Crippen molar-refractivity contribution in [1.82, 2.24) is 4.31 Å². The van der Waals surface area contributed by atoms with Crippen molar-refractivity contribution in [2.24, 2.45) is 5.92 Å². The molecule has 1 fully saturated rings. The number of aryl methyl sites for hydroxylation is 1. The molecule has 0 aliphatic carbocycles. The molecule has 3 atom stereocenters. The van der Waals surface area contributed by atoms with Crippen LogP contribution in [0.15, 0.2) is 82.6 Å². The first kappa shape index (κ1) is 26.1. The fourth-order valence-electron chi connectivity index (χ4n) is 4.40. The van der Waals surface area contributed by atoms with Crippen LogP contribution in [0.2, 0.25) is 0 Å². The summed E-state index contributed by atoms with van der Waals surface area (Å²) in [7, 11) is -0.816. The Hall–Kier alpha value is -3.01. The smallest absolute Gasteiger partial charge is 0.308 e. The molecule has 4 rings (SSSR count). The van der Waals surface area contributed by atoms with E-state index in [1.54, 1.807) is 44.6 Å². The number of carboxylic acid groups (broad SMARTS) is 1. The van der Waals surface area contributed by atoms with Crippen LogP contribution in [0.4, 0.5) is 0 Å². The van der Waals surface area contributed by atoms with Crippen LogP contribution in [0.1, 0.15) is 23.6 Å². The molecule has 0 saturated carbocycles. The first-order valence-corrected chi connectivity index (χ1v) is 13.8. The van der Waals surface area contributed by atoms with E-state index in [9.17, 15) is 18.3 Å². The SMILES string of the molecule is COc1ccc(S[C@@H]2C[C@@H](c3cccc(OC)c3)N(S(=O)(=O)c3ccc(C)cc3)C[C@H]2C(=O)O)cc1. The summed E-state index contributed by atoms with van der Waals surface area (Å²) < 4.78 is 39.6. The predicted octanol–water partition coefficient (Wildman–Crippen LogP) is 5.01. The lowest BCUT2D eigenvalue weighted by atomic mass is 9.90. The number of rotatable bonds is 8. The summed E-state index contributed by atoms with van der Waals surface area (Å²) in [6.07, 6.45) is 0.325. The highest BCUT2D eigenvalue weighted by Crippen LogP contribution is 2.44. The van der Waals surface area contributed by atoms with Crippen LogP contribution in [0, 0.1) is 12.8 Å². The maximum Gasteiger partial charge on any atom is 0.308 e. The largest absolute Gasteiger partial charge is 0.497 e. The Kier molecular flexibility index (Phi) is 7.92. The number of hydrogen-bond acceptors (Lipinski definition) is 6. The molecule has 7 nitrogen and oxygen atoms in total. The van der Waals surface area contributed by atoms with E-state index in [-0.39, 0.29) is 16.7 Å². The average molecular weight is 528 g/mol. The Labute approximate surface area is 216 Å². The minimum atomic E-state index is -3.96. The molecule has 0 spiro atoms. The van der Waals surface area contributed by atoms with Gasteiger partial charge in [-0.05, 0) is 67.4 Å². The maximum atomic E-state index is 13.8. The molecule has 1 aliphatic rings. The van der Waals surface area contributed by atoms with E-state index in [1.165, 1.54) is 16.1 Å². The van der Waals surface area contributed by atoms with Gasteiger partial charge in [0.2, 0.25) is 10.0 Å². The molecule has 0 unspecified atom stereocenters. The van der Waals surface area contributed by atoms with E-state index in [0.717, 1.165) is 16.0 Å². The van der Waals surface area contributed by atoms with Crippen molar-refractivity contribution in [3.8, 4) is 11.5 Å². The Balaban J connectivity index is 1.75. The highest BCUT2D eigenvalue weighted by atomic mass is 32.2. The molecule has 3 aromatic rings. The van der Waals surface area contributed by atoms with Crippen molar-refractivity contribution >= 4 is 27.8 Å². The minimum Gasteiger partial charge on any atom is -0.497 e. The number of carboxylic acids is 1. The second-order valence-electron chi connectivity index (χ2n) is 8.69. The van der Waals surface area contributed by atoms with Gasteiger partial charge in [-0.3, -0.25) is 4.79 Å². The van der Waals surface area contributed by atoms with Crippen LogP contribution in [0.5, 0.6) is 11.5 Å². The van der Waals surface area contributed by atoms with E-state index >= 15 is 0 Å². The summed E-state index contributed by atoms with van der Waals surface area (Å²) in [4.78, 5) is 13.4. The molecule has 190 valence electrons. The predicted molar refractivity (Wildman–Crippen MR) is 139 cm³/mol. The third kappa shape index (κ3) is 5.53. The molecule has 3 aromatic carbocycles. The van der Waals surface area contributed by atoms with Gasteiger partial charge in [-0.15, -0.1) is 11.8 Å². The maximum absolute atomic E-state index is 13.8. The molecular weight excluding hydrogens is 498 g/mol. The fourth-order valence-corrected chi connectivity index (χ4v) is 7.34. The third-order valence-corrected chi connectivity index (χ3v) is 9.66. The molecule has 0 bridgehead atoms. The first-order valence-electron chi connectivity index (χ1n) is 11.5. The normalized spacial score (nSPS) is 20.6. The van der Waals surface area contributed by atoms with Gasteiger partial charge in [0, 0.05) is 16.7 Å². The number of benzene rings is 3. The zero-order valence-electron chi connectivity index (χ0n) is 20.3. The van der Waals surface area contributed by atoms with Gasteiger partial charge in [0.05, 0.1) is 31.1 Å². The van der Waals surface area contributed by atoms with Gasteiger partial charge in [0.1, 0.15) is 11.5 Å². The van der Waals surface area contributed by atoms with Gasteiger partial charge in [0.15, 0.2) is 0 Å². The third-order valence-electron chi connectivity index (χ3n) is 6.40. The summed E-state index contributed by atoms with van der Waals surface area (Å²) in [5.74, 6) is -0.587. The van der Waals surface area contributed by atoms with Gasteiger partial charge >= 0.3 is 5.97 Å². The highest BCUT2D eigenvalue weighted by molar-refractivity contribution is 8.00. The van der Waals surface area contributed by atoms with Gasteiger partial charge in [0.25, 0.3) is 0 Å². The molecule has 0 amide bonds. The lowest BCUT2D eigenvalue weighted by Gasteiger charge is -2.41. The fraction of sp³-hybridized carbons (Fsp3) is 0.296. The summed E-state index contributed by atoms with van der Waals surface area (Å²) >= 11 is 1.45. The number of piperidine rings is 1. The molecular formula is C27H29NO6S2. The second-order valence-corrected chi connectivity index (χ2v) is 11.9. The van der Waals surface area contributed by atoms with Crippen LogP contribution >= 0.6 is 11.8 Å². The van der Waals surface area contributed by atoms with Crippen LogP contribution in [0.25, 0.3) is 0 Å². The number of hydrogen-bond donors (Lipinski definition) is 1. The van der Waals surface area contributed by atoms with Crippen LogP contribution in [-0.4, -0.2) is 49.8 Å². The number of ether oxygens (including phenoxy) is 2. The molecule has 9 heteroatoms. The van der Waals surface area contributed by atoms with Gasteiger partial charge in [-0.25, -0.2) is 8.42 Å². The topological polar surface area (TPSA) is 93.1 Å². The monoisotopic (exact) mass is 527 g/mol. The number of methoxy groups -OCH3 is 2. The lowest BCUT2D eigenvalue weighted by molar-refractivity contribution is -0.143. The lowest BCUT2D eigenvalue weighted by Crippen LogP contribution is -2.49. The van der Waals surface area contributed by atoms with Gasteiger partial charge in [-0.2, -0.15) is 4.31 Å². The number of thioether (sulfide) groups is 1. The zero-order valence-corrected chi connectivity index (χ0v) is 22.0. The number of sulfonamides is 1. The van der Waals surface area contributed by atoms with Crippen LogP contribution in [-0.2, 0) is 14.8 Å². The highest BCUT2D eigenvalue weighted by Gasteiger charge is 2.45. The Bertz CT molecular complexity index is 1310. The summed E-state index contributed by atoms with van der Waals surface area (Å²) in [5, 5.41) is 9.77. The van der Waals surface area contributed by atoms with E-state index in [0.29, 0.717) is 17.9 Å². The van der Waals surface area contributed by atoms with E-state index in [2.05, 4.69) is 0 Å². The standard InChI is InChI=1S/C27H29NO6S2/c1-18-7-13-23(14-8-18)36(31,32)28-17-24(27(29)30)26(35-22-11-9-20(33-2)10-12-22)16-25(28)19-5-4-6-21(15-19)34-3/h4-15,24-26H,16-17H2,1-3H3,(H,29,30)/t24-,25+,26-/m1/s1. The summed E-state index contributed by atoms with van der Waals surface area (Å²) in [6.45, 7) is 1.75. The van der Waals surface area contributed by atoms with E-state index in [1.807, 2.05) is 49.4 Å². The molecule has 1 N–H and O–H groups in total. The van der Waals surface area contributed by atoms with Crippen molar-refractivity contribution in [1.29, 1.82) is 0 Å². The van der Waals surface area contributed by atoms with Crippen LogP contribution in [0.3, 0.4) is 0 Å². The Morgan fingerprint density at radius 2 is 1.64 bits per heavy atom. The Morgan fingerprint density at radius 1 is 0.972 bits per heavy atom. The van der Waals surface area contributed by atoms with E-state index < -0.39 is 28.0 Å². The number of carbonyl (C=O) groups is 1. The summed E-state index contributed by atoms with van der Waals surface area (Å²) in [5.41, 5.74) is 1.70. The average Bonchev–Trinajstić information content (AvgIpc) is 2.89.